The van der Waals surface area contributed by atoms with Crippen molar-refractivity contribution >= 4 is 99.7 Å². The van der Waals surface area contributed by atoms with E-state index in [4.69, 9.17) is 5.11 Å². The molecule has 3 saturated heterocycles. The number of rotatable bonds is 3. The van der Waals surface area contributed by atoms with Crippen LogP contribution >= 0.6 is 31.5 Å². The van der Waals surface area contributed by atoms with Crippen molar-refractivity contribution in [3.05, 3.63) is 98.1 Å². The lowest BCUT2D eigenvalue weighted by Crippen LogP contribution is -2.81. The molecule has 26 heteroatoms. The molecule has 0 aliphatic carbocycles. The van der Waals surface area contributed by atoms with Crippen molar-refractivity contribution in [2.24, 2.45) is 14.1 Å². The highest BCUT2D eigenvalue weighted by atomic mass is 79.9. The Labute approximate surface area is 297 Å². The first-order valence-corrected chi connectivity index (χ1v) is 16.2. The number of phenolic OH excluding ortho intramolecular Hbond substituents is 1. The highest BCUT2D eigenvalue weighted by Crippen LogP contribution is 2.02. The molecule has 237 valence electrons. The van der Waals surface area contributed by atoms with Crippen LogP contribution in [0.5, 0.6) is 5.75 Å². The fourth-order valence-electron chi connectivity index (χ4n) is 4.17. The third kappa shape index (κ3) is 14.0. The van der Waals surface area contributed by atoms with Gasteiger partial charge in [-0.3, -0.25) is 13.3 Å². The first-order chi connectivity index (χ1) is 22.3. The van der Waals surface area contributed by atoms with Crippen molar-refractivity contribution in [3.63, 3.8) is 0 Å². The van der Waals surface area contributed by atoms with Crippen LogP contribution in [0.15, 0.2) is 98.1 Å². The van der Waals surface area contributed by atoms with E-state index in [1.165, 1.54) is 13.0 Å². The smallest absolute Gasteiger partial charge is 0.508 e. The van der Waals surface area contributed by atoms with Gasteiger partial charge in [-0.05, 0) is 17.6 Å². The van der Waals surface area contributed by atoms with Crippen LogP contribution < -0.4 is 60.7 Å². The van der Waals surface area contributed by atoms with Gasteiger partial charge in [0, 0.05) is 0 Å². The number of benzene rings is 2. The SMILES string of the molecule is C.Cn1cc[n+](B2N[B]NB(Br)N2)c1.Cn1cc[n+](B2N[B]NB(c3ccccc3)N2)c1.FB1N[B]NB(Br)N1.Oc1ccccc1. The molecule has 0 spiro atoms. The zero-order valence-corrected chi connectivity index (χ0v) is 28.5. The predicted octanol–water partition coefficient (Wildman–Crippen LogP) is -3.63. The van der Waals surface area contributed by atoms with E-state index in [0.29, 0.717) is 5.75 Å². The minimum absolute atomic E-state index is 0. The van der Waals surface area contributed by atoms with Crippen LogP contribution in [0.25, 0.3) is 0 Å². The minimum Gasteiger partial charge on any atom is -0.508 e. The number of imidazole rings is 2. The summed E-state index contributed by atoms with van der Waals surface area (Å²) in [6.07, 6.45) is 12.1. The molecule has 3 aliphatic heterocycles. The normalized spacial score (nSPS) is 15.6. The van der Waals surface area contributed by atoms with Gasteiger partial charge in [0.25, 0.3) is 22.6 Å². The van der Waals surface area contributed by atoms with Crippen molar-refractivity contribution in [1.29, 1.82) is 0 Å². The Morgan fingerprint density at radius 3 is 1.60 bits per heavy atom. The lowest BCUT2D eigenvalue weighted by molar-refractivity contribution is -0.541. The monoisotopic (exact) mass is 762 g/mol. The summed E-state index contributed by atoms with van der Waals surface area (Å²) in [5, 5.41) is 35.7. The Kier molecular flexibility index (Phi) is 17.5. The van der Waals surface area contributed by atoms with E-state index in [9.17, 15) is 4.32 Å². The Hall–Kier alpha value is -2.23. The maximum absolute atomic E-state index is 12.1. The van der Waals surface area contributed by atoms with Gasteiger partial charge in [-0.15, -0.1) is 31.5 Å². The van der Waals surface area contributed by atoms with Crippen molar-refractivity contribution in [3.8, 4) is 5.75 Å². The summed E-state index contributed by atoms with van der Waals surface area (Å²) in [4.78, 5) is 0. The highest BCUT2D eigenvalue weighted by molar-refractivity contribution is 9.24. The molecule has 47 heavy (non-hydrogen) atoms. The molecule has 2 aromatic carbocycles. The summed E-state index contributed by atoms with van der Waals surface area (Å²) >= 11 is 6.51. The first-order valence-electron chi connectivity index (χ1n) is 14.3. The largest absolute Gasteiger partial charge is 0.539 e. The van der Waals surface area contributed by atoms with Gasteiger partial charge in [-0.25, -0.2) is 9.13 Å². The Balaban J connectivity index is 0.000000181. The predicted molar refractivity (Wildman–Crippen MR) is 202 cm³/mol. The molecule has 4 aromatic rings. The van der Waals surface area contributed by atoms with E-state index in [1.807, 2.05) is 105 Å². The van der Waals surface area contributed by atoms with Gasteiger partial charge < -0.3 is 51.4 Å². The highest BCUT2D eigenvalue weighted by Gasteiger charge is 2.35. The number of aromatic hydroxyl groups is 1. The van der Waals surface area contributed by atoms with Crippen molar-refractivity contribution in [1.82, 2.24) is 55.4 Å². The fourth-order valence-corrected chi connectivity index (χ4v) is 4.92. The summed E-state index contributed by atoms with van der Waals surface area (Å²) in [5.41, 5.74) is 1.22. The number of hydrogen-bond acceptors (Lipinski definition) is 10. The Morgan fingerprint density at radius 2 is 1.17 bits per heavy atom. The number of hydrogen-bond donors (Lipinski definition) is 10. The molecule has 0 atom stereocenters. The molecule has 0 amide bonds. The molecular formula is C21H36B9Br2FN13O+2. The zero-order chi connectivity index (χ0) is 32.7. The summed E-state index contributed by atoms with van der Waals surface area (Å²) in [6.45, 7) is 0.116. The van der Waals surface area contributed by atoms with E-state index in [2.05, 4.69) is 94.4 Å². The lowest BCUT2D eigenvalue weighted by atomic mass is 9.57. The van der Waals surface area contributed by atoms with Crippen LogP contribution in [0.4, 0.5) is 4.32 Å². The maximum atomic E-state index is 12.1. The van der Waals surface area contributed by atoms with Gasteiger partial charge >= 0.3 is 40.1 Å². The third-order valence-corrected chi connectivity index (χ3v) is 7.46. The van der Waals surface area contributed by atoms with E-state index >= 15 is 0 Å². The number of aryl methyl sites for hydroxylation is 2. The van der Waals surface area contributed by atoms with E-state index in [0.717, 1.165) is 0 Å². The average Bonchev–Trinajstić information content (AvgIpc) is 3.71. The molecule has 3 fully saturated rings. The molecule has 5 heterocycles. The van der Waals surface area contributed by atoms with Crippen molar-refractivity contribution < 1.29 is 18.4 Å². The fraction of sp³-hybridized carbons (Fsp3) is 0.143. The van der Waals surface area contributed by atoms with Crippen LogP contribution in [-0.4, -0.2) is 77.0 Å². The summed E-state index contributed by atoms with van der Waals surface area (Å²) in [7, 11) is 8.15. The quantitative estimate of drug-likeness (QED) is 0.0951. The number of para-hydroxylation sites is 1. The first kappa shape index (κ1) is 39.2. The van der Waals surface area contributed by atoms with Gasteiger partial charge in [0.2, 0.25) is 12.7 Å². The van der Waals surface area contributed by atoms with Crippen molar-refractivity contribution in [2.75, 3.05) is 0 Å². The molecule has 10 N–H and O–H groups in total. The van der Waals surface area contributed by atoms with Gasteiger partial charge in [0.1, 0.15) is 30.5 Å². The summed E-state index contributed by atoms with van der Waals surface area (Å²) < 4.78 is 20.3. The second kappa shape index (κ2) is 21.0. The second-order valence-corrected chi connectivity index (χ2v) is 11.9. The molecule has 0 unspecified atom stereocenters. The Bertz CT molecular complexity index is 1420. The van der Waals surface area contributed by atoms with Gasteiger partial charge in [-0.1, -0.05) is 56.0 Å². The van der Waals surface area contributed by atoms with Crippen LogP contribution in [0.2, 0.25) is 0 Å². The molecule has 0 bridgehead atoms. The van der Waals surface area contributed by atoms with Gasteiger partial charge in [0.05, 0.1) is 14.1 Å². The van der Waals surface area contributed by atoms with Crippen LogP contribution in [0, 0.1) is 0 Å². The average molecular weight is 763 g/mol. The van der Waals surface area contributed by atoms with Gasteiger partial charge in [0.15, 0.2) is 0 Å². The zero-order valence-electron chi connectivity index (χ0n) is 25.3. The van der Waals surface area contributed by atoms with Crippen LogP contribution in [-0.2, 0) is 14.1 Å². The topological polar surface area (TPSA) is 146 Å². The second-order valence-electron chi connectivity index (χ2n) is 10.1. The number of halogens is 3. The van der Waals surface area contributed by atoms with E-state index in [1.54, 1.807) is 24.3 Å². The van der Waals surface area contributed by atoms with E-state index in [-0.39, 0.29) is 40.3 Å². The van der Waals surface area contributed by atoms with E-state index < -0.39 is 7.26 Å². The van der Waals surface area contributed by atoms with Gasteiger partial charge in [-0.2, -0.15) is 0 Å². The number of phenols is 1. The molecule has 0 saturated carbocycles. The number of aromatic nitrogens is 4. The maximum Gasteiger partial charge on any atom is 0.539 e. The van der Waals surface area contributed by atoms with Crippen LogP contribution in [0.3, 0.4) is 0 Å². The lowest BCUT2D eigenvalue weighted by Gasteiger charge is -2.24. The molecule has 7 rings (SSSR count). The summed E-state index contributed by atoms with van der Waals surface area (Å²) in [6, 6.07) is 19.0. The minimum atomic E-state index is -1.15. The summed E-state index contributed by atoms with van der Waals surface area (Å²) in [5.74, 6) is 0.257. The van der Waals surface area contributed by atoms with Crippen molar-refractivity contribution in [2.45, 2.75) is 7.43 Å². The molecular weight excluding hydrogens is 726 g/mol. The number of nitrogens with one attached hydrogen (secondary N) is 9. The molecule has 2 aromatic heterocycles. The molecule has 3 radical (unpaired) electrons. The standard InChI is InChI=1S/C10H14B3N5.C6H6O.C4H9B3BrN5.CH4.B3BrFH3N3/c1-17-7-8-18(9-17)13-15-11-14-12(16-13)10-5-3-2-4-6-10;7-6-4-2-1-3-5-6;1-12-2-3-13(4-12)7-10-5-9-6(8)11-7;;4-2-6-1-7-3(5)8-2/h2-9,14-16H,1H3;1-5,7H;2-4,9-11H,1H3;1H4;6-8H/q+1;;+1;;. The molecule has 14 nitrogen and oxygen atoms in total. The van der Waals surface area contributed by atoms with Crippen LogP contribution in [0.1, 0.15) is 7.43 Å². The molecule has 3 aliphatic rings. The number of nitrogens with zero attached hydrogens (tertiary/aromatic N) is 4. The Morgan fingerprint density at radius 1 is 0.681 bits per heavy atom. The third-order valence-electron chi connectivity index (χ3n) is 6.41.